The number of amides is 1. The smallest absolute Gasteiger partial charge is 0.225 e. The topological polar surface area (TPSA) is 58.2 Å². The first-order valence-electron chi connectivity index (χ1n) is 7.12. The maximum atomic E-state index is 12.4. The molecule has 1 atom stereocenters. The predicted molar refractivity (Wildman–Crippen MR) is 70.8 cm³/mol. The molecular weight excluding hydrogens is 242 g/mol. The molecule has 2 fully saturated rings. The van der Waals surface area contributed by atoms with Crippen molar-refractivity contribution >= 4 is 5.91 Å². The number of nitrogens with zero attached hydrogens (tertiary/aromatic N) is 2. The lowest BCUT2D eigenvalue weighted by molar-refractivity contribution is -0.137. The number of hydrogen-bond acceptors (Lipinski definition) is 3. The first-order valence-corrected chi connectivity index (χ1v) is 7.12. The second-order valence-electron chi connectivity index (χ2n) is 5.61. The van der Waals surface area contributed by atoms with Crippen molar-refractivity contribution in [2.24, 2.45) is 5.92 Å². The van der Waals surface area contributed by atoms with Crippen LogP contribution in [0, 0.1) is 12.8 Å². The molecule has 1 aromatic rings. The van der Waals surface area contributed by atoms with Crippen molar-refractivity contribution in [1.29, 1.82) is 0 Å². The molecule has 0 unspecified atom stereocenters. The normalized spacial score (nSPS) is 24.9. The van der Waals surface area contributed by atoms with E-state index in [2.05, 4.69) is 9.97 Å². The molecule has 1 aromatic heterocycles. The Balaban J connectivity index is 1.60. The summed E-state index contributed by atoms with van der Waals surface area (Å²) in [4.78, 5) is 22.1. The molecule has 3 rings (SSSR count). The van der Waals surface area contributed by atoms with Crippen LogP contribution in [0.2, 0.25) is 0 Å². The van der Waals surface area contributed by atoms with E-state index in [1.54, 1.807) is 0 Å². The number of rotatable bonds is 2. The molecule has 2 saturated heterocycles. The summed E-state index contributed by atoms with van der Waals surface area (Å²) in [6.45, 7) is 5.14. The number of carbonyl (C=O) groups excluding carboxylic acids is 1. The van der Waals surface area contributed by atoms with Gasteiger partial charge in [0.2, 0.25) is 5.91 Å². The molecule has 104 valence electrons. The molecule has 0 radical (unpaired) electrons. The van der Waals surface area contributed by atoms with Crippen molar-refractivity contribution in [1.82, 2.24) is 14.9 Å². The molecule has 0 aliphatic carbocycles. The van der Waals surface area contributed by atoms with Crippen LogP contribution in [-0.2, 0) is 9.53 Å². The lowest BCUT2D eigenvalue weighted by Gasteiger charge is -2.26. The van der Waals surface area contributed by atoms with Gasteiger partial charge in [-0.15, -0.1) is 0 Å². The van der Waals surface area contributed by atoms with E-state index in [0.29, 0.717) is 11.8 Å². The number of hydrogen-bond donors (Lipinski definition) is 1. The lowest BCUT2D eigenvalue weighted by atomic mass is 9.99. The quantitative estimate of drug-likeness (QED) is 0.879. The van der Waals surface area contributed by atoms with E-state index in [1.165, 1.54) is 0 Å². The zero-order chi connectivity index (χ0) is 13.2. The van der Waals surface area contributed by atoms with Gasteiger partial charge in [-0.05, 0) is 26.2 Å². The molecule has 2 aliphatic rings. The highest BCUT2D eigenvalue weighted by Gasteiger charge is 2.33. The standard InChI is InChI=1S/C14H21N3O2/c1-10-8-15-13(16-10)12-2-5-17(9-12)14(18)11-3-6-19-7-4-11/h8,11-12H,2-7,9H2,1H3,(H,15,16)/t12-/m0/s1. The van der Waals surface area contributed by atoms with E-state index in [-0.39, 0.29) is 5.92 Å². The molecule has 0 aromatic carbocycles. The molecule has 19 heavy (non-hydrogen) atoms. The van der Waals surface area contributed by atoms with Crippen LogP contribution in [0.3, 0.4) is 0 Å². The minimum Gasteiger partial charge on any atom is -0.381 e. The van der Waals surface area contributed by atoms with Crippen molar-refractivity contribution in [3.05, 3.63) is 17.7 Å². The van der Waals surface area contributed by atoms with Gasteiger partial charge in [0.15, 0.2) is 0 Å². The Morgan fingerprint density at radius 2 is 2.21 bits per heavy atom. The van der Waals surface area contributed by atoms with Gasteiger partial charge in [-0.2, -0.15) is 0 Å². The fourth-order valence-electron chi connectivity index (χ4n) is 3.03. The molecule has 2 aliphatic heterocycles. The Kier molecular flexibility index (Phi) is 3.55. The molecule has 1 amide bonds. The summed E-state index contributed by atoms with van der Waals surface area (Å²) in [5.41, 5.74) is 1.09. The maximum absolute atomic E-state index is 12.4. The molecule has 0 spiro atoms. The van der Waals surface area contributed by atoms with Gasteiger partial charge < -0.3 is 14.6 Å². The summed E-state index contributed by atoms with van der Waals surface area (Å²) in [7, 11) is 0. The van der Waals surface area contributed by atoms with Crippen molar-refractivity contribution in [2.45, 2.75) is 32.1 Å². The van der Waals surface area contributed by atoms with E-state index in [4.69, 9.17) is 4.74 Å². The van der Waals surface area contributed by atoms with Crippen LogP contribution in [0.25, 0.3) is 0 Å². The first-order chi connectivity index (χ1) is 9.24. The third-order valence-electron chi connectivity index (χ3n) is 4.18. The Labute approximate surface area is 113 Å². The minimum atomic E-state index is 0.172. The van der Waals surface area contributed by atoms with Crippen molar-refractivity contribution in [3.63, 3.8) is 0 Å². The molecule has 0 bridgehead atoms. The van der Waals surface area contributed by atoms with Crippen LogP contribution < -0.4 is 0 Å². The van der Waals surface area contributed by atoms with Crippen molar-refractivity contribution in [3.8, 4) is 0 Å². The number of aryl methyl sites for hydroxylation is 1. The maximum Gasteiger partial charge on any atom is 0.225 e. The zero-order valence-electron chi connectivity index (χ0n) is 11.4. The summed E-state index contributed by atoms with van der Waals surface area (Å²) in [5, 5.41) is 0. The van der Waals surface area contributed by atoms with Gasteiger partial charge in [-0.1, -0.05) is 0 Å². The van der Waals surface area contributed by atoms with Crippen LogP contribution in [0.15, 0.2) is 6.20 Å². The predicted octanol–water partition coefficient (Wildman–Crippen LogP) is 1.46. The Morgan fingerprint density at radius 1 is 1.42 bits per heavy atom. The molecule has 1 N–H and O–H groups in total. The number of imidazole rings is 1. The van der Waals surface area contributed by atoms with Crippen LogP contribution in [0.1, 0.15) is 36.7 Å². The van der Waals surface area contributed by atoms with Crippen molar-refractivity contribution < 1.29 is 9.53 Å². The SMILES string of the molecule is Cc1cnc([C@H]2CCN(C(=O)C3CCOCC3)C2)[nH]1. The molecule has 3 heterocycles. The second kappa shape index (κ2) is 5.33. The van der Waals surface area contributed by atoms with E-state index in [9.17, 15) is 4.79 Å². The number of H-pyrrole nitrogens is 1. The number of aromatic nitrogens is 2. The number of ether oxygens (including phenoxy) is 1. The van der Waals surface area contributed by atoms with Gasteiger partial charge in [-0.25, -0.2) is 4.98 Å². The summed E-state index contributed by atoms with van der Waals surface area (Å²) in [6.07, 6.45) is 4.62. The van der Waals surface area contributed by atoms with E-state index in [0.717, 1.165) is 57.1 Å². The number of likely N-dealkylation sites (tertiary alicyclic amines) is 1. The molecule has 5 heteroatoms. The van der Waals surface area contributed by atoms with Crippen LogP contribution in [0.4, 0.5) is 0 Å². The first kappa shape index (κ1) is 12.7. The third kappa shape index (κ3) is 2.66. The van der Waals surface area contributed by atoms with E-state index < -0.39 is 0 Å². The van der Waals surface area contributed by atoms with Gasteiger partial charge in [0, 0.05) is 50.0 Å². The lowest BCUT2D eigenvalue weighted by Crippen LogP contribution is -2.37. The summed E-state index contributed by atoms with van der Waals surface area (Å²) in [5.74, 6) is 1.89. The van der Waals surface area contributed by atoms with Crippen molar-refractivity contribution in [2.75, 3.05) is 26.3 Å². The molecule has 5 nitrogen and oxygen atoms in total. The summed E-state index contributed by atoms with van der Waals surface area (Å²) in [6, 6.07) is 0. The zero-order valence-corrected chi connectivity index (χ0v) is 11.4. The van der Waals surface area contributed by atoms with Gasteiger partial charge in [-0.3, -0.25) is 4.79 Å². The number of nitrogens with one attached hydrogen (secondary N) is 1. The fraction of sp³-hybridized carbons (Fsp3) is 0.714. The Morgan fingerprint density at radius 3 is 2.89 bits per heavy atom. The second-order valence-corrected chi connectivity index (χ2v) is 5.61. The Hall–Kier alpha value is -1.36. The molecule has 0 saturated carbocycles. The average Bonchev–Trinajstić information content (AvgIpc) is 3.07. The fourth-order valence-corrected chi connectivity index (χ4v) is 3.03. The minimum absolute atomic E-state index is 0.172. The monoisotopic (exact) mass is 263 g/mol. The summed E-state index contributed by atoms with van der Waals surface area (Å²) >= 11 is 0. The van der Waals surface area contributed by atoms with Crippen LogP contribution in [0.5, 0.6) is 0 Å². The highest BCUT2D eigenvalue weighted by molar-refractivity contribution is 5.79. The van der Waals surface area contributed by atoms with E-state index in [1.807, 2.05) is 18.0 Å². The highest BCUT2D eigenvalue weighted by atomic mass is 16.5. The van der Waals surface area contributed by atoms with Gasteiger partial charge >= 0.3 is 0 Å². The van der Waals surface area contributed by atoms with Crippen LogP contribution >= 0.6 is 0 Å². The summed E-state index contributed by atoms with van der Waals surface area (Å²) < 4.78 is 5.32. The number of carbonyl (C=O) groups is 1. The van der Waals surface area contributed by atoms with Gasteiger partial charge in [0.1, 0.15) is 5.82 Å². The van der Waals surface area contributed by atoms with Crippen LogP contribution in [-0.4, -0.2) is 47.1 Å². The van der Waals surface area contributed by atoms with E-state index >= 15 is 0 Å². The van der Waals surface area contributed by atoms with Gasteiger partial charge in [0.25, 0.3) is 0 Å². The number of aromatic amines is 1. The largest absolute Gasteiger partial charge is 0.381 e. The third-order valence-corrected chi connectivity index (χ3v) is 4.18. The average molecular weight is 263 g/mol. The highest BCUT2D eigenvalue weighted by Crippen LogP contribution is 2.28. The van der Waals surface area contributed by atoms with Gasteiger partial charge in [0.05, 0.1) is 0 Å². The molecular formula is C14H21N3O2. The Bertz CT molecular complexity index is 451.